The second kappa shape index (κ2) is 10.5. The second-order valence-corrected chi connectivity index (χ2v) is 10.0. The average molecular weight is 451 g/mol. The Labute approximate surface area is 185 Å². The fourth-order valence-electron chi connectivity index (χ4n) is 4.01. The second-order valence-electron chi connectivity index (χ2n) is 8.40. The van der Waals surface area contributed by atoms with Crippen LogP contribution in [0.3, 0.4) is 0 Å². The number of benzene rings is 1. The minimum atomic E-state index is -4.27. The number of methoxy groups -OCH3 is 1. The van der Waals surface area contributed by atoms with Gasteiger partial charge in [0, 0.05) is 28.5 Å². The zero-order chi connectivity index (χ0) is 23.3. The molecule has 0 aliphatic heterocycles. The first-order valence-corrected chi connectivity index (χ1v) is 12.5. The van der Waals surface area contributed by atoms with Crippen LogP contribution in [-0.2, 0) is 11.0 Å². The third-order valence-corrected chi connectivity index (χ3v) is 5.88. The Balaban J connectivity index is 2.90. The summed E-state index contributed by atoms with van der Waals surface area (Å²) in [4.78, 5) is 22.8. The van der Waals surface area contributed by atoms with Gasteiger partial charge in [0.05, 0.1) is 19.0 Å². The summed E-state index contributed by atoms with van der Waals surface area (Å²) in [6, 6.07) is 1.77. The van der Waals surface area contributed by atoms with Crippen molar-refractivity contribution in [3.63, 3.8) is 0 Å². The number of aromatic hydroxyl groups is 1. The molecule has 1 aromatic carbocycles. The predicted octanol–water partition coefficient (Wildman–Crippen LogP) is 5.60. The van der Waals surface area contributed by atoms with E-state index < -0.39 is 13.9 Å². The van der Waals surface area contributed by atoms with Crippen molar-refractivity contribution >= 4 is 13.3 Å². The molecule has 2 aromatic rings. The topological polar surface area (TPSA) is 112 Å². The van der Waals surface area contributed by atoms with Gasteiger partial charge in [0.1, 0.15) is 17.8 Å². The Morgan fingerprint density at radius 3 is 2.32 bits per heavy atom. The molecular formula is C23H35N2O5P. The number of unbranched alkanes of at least 4 members (excludes halogenated alkanes) is 1. The average Bonchev–Trinajstić information content (AvgIpc) is 2.69. The van der Waals surface area contributed by atoms with Gasteiger partial charge in [-0.15, -0.1) is 0 Å². The van der Waals surface area contributed by atoms with Crippen LogP contribution in [0, 0.1) is 0 Å². The molecule has 0 saturated carbocycles. The van der Waals surface area contributed by atoms with Gasteiger partial charge in [-0.3, -0.25) is 9.55 Å². The van der Waals surface area contributed by atoms with E-state index in [4.69, 9.17) is 4.74 Å². The third kappa shape index (κ3) is 5.79. The zero-order valence-electron chi connectivity index (χ0n) is 19.3. The number of aromatic nitrogens is 1. The molecule has 0 unspecified atom stereocenters. The molecule has 172 valence electrons. The lowest BCUT2D eigenvalue weighted by Gasteiger charge is -2.28. The lowest BCUT2D eigenvalue weighted by Crippen LogP contribution is -2.10. The van der Waals surface area contributed by atoms with Crippen molar-refractivity contribution in [2.45, 2.75) is 65.7 Å². The minimum Gasteiger partial charge on any atom is -0.507 e. The predicted molar refractivity (Wildman–Crippen MR) is 125 cm³/mol. The molecule has 7 nitrogen and oxygen atoms in total. The molecule has 8 heteroatoms. The monoisotopic (exact) mass is 450 g/mol. The maximum atomic E-state index is 11.5. The summed E-state index contributed by atoms with van der Waals surface area (Å²) in [5, 5.41) is 14.3. The van der Waals surface area contributed by atoms with E-state index in [9.17, 15) is 19.5 Å². The van der Waals surface area contributed by atoms with Crippen molar-refractivity contribution in [3.05, 3.63) is 35.2 Å². The van der Waals surface area contributed by atoms with E-state index in [2.05, 4.69) is 44.9 Å². The van der Waals surface area contributed by atoms with E-state index in [1.54, 1.807) is 19.4 Å². The number of hydrogen-bond donors (Lipinski definition) is 4. The quantitative estimate of drug-likeness (QED) is 0.349. The molecular weight excluding hydrogens is 415 g/mol. The first-order valence-electron chi connectivity index (χ1n) is 10.7. The fraction of sp³-hybridized carbons (Fsp3) is 0.522. The van der Waals surface area contributed by atoms with Gasteiger partial charge in [-0.1, -0.05) is 41.0 Å². The number of phenols is 1. The first-order chi connectivity index (χ1) is 14.5. The van der Waals surface area contributed by atoms with Gasteiger partial charge in [0.25, 0.3) is 0 Å². The molecule has 4 N–H and O–H groups in total. The van der Waals surface area contributed by atoms with E-state index in [0.717, 1.165) is 35.3 Å². The number of phenolic OH excluding ortho intramolecular Hbond substituents is 1. The molecule has 0 aliphatic carbocycles. The molecule has 0 spiro atoms. The van der Waals surface area contributed by atoms with Gasteiger partial charge in [-0.25, -0.2) is 0 Å². The summed E-state index contributed by atoms with van der Waals surface area (Å²) in [5.41, 5.74) is 4.58. The minimum absolute atomic E-state index is 0.0789. The summed E-state index contributed by atoms with van der Waals surface area (Å²) in [7, 11) is -2.63. The van der Waals surface area contributed by atoms with Crippen LogP contribution in [0.5, 0.6) is 11.5 Å². The maximum absolute atomic E-state index is 11.5. The highest BCUT2D eigenvalue weighted by atomic mass is 31.2. The first kappa shape index (κ1) is 25.2. The molecule has 1 heterocycles. The van der Waals surface area contributed by atoms with E-state index in [1.165, 1.54) is 6.20 Å². The Morgan fingerprint density at radius 1 is 1.16 bits per heavy atom. The smallest absolute Gasteiger partial charge is 0.344 e. The van der Waals surface area contributed by atoms with E-state index >= 15 is 0 Å². The number of nitrogens with zero attached hydrogens (tertiary/aromatic N) is 1. The summed E-state index contributed by atoms with van der Waals surface area (Å²) in [6.45, 7) is 10.4. The normalized spacial score (nSPS) is 11.9. The Kier molecular flexibility index (Phi) is 8.52. The van der Waals surface area contributed by atoms with Crippen molar-refractivity contribution < 1.29 is 24.2 Å². The molecule has 0 radical (unpaired) electrons. The van der Waals surface area contributed by atoms with Crippen molar-refractivity contribution in [2.75, 3.05) is 18.7 Å². The van der Waals surface area contributed by atoms with Gasteiger partial charge in [0.2, 0.25) is 0 Å². The van der Waals surface area contributed by atoms with E-state index in [1.807, 2.05) is 0 Å². The Bertz CT molecular complexity index is 953. The van der Waals surface area contributed by atoms with Crippen LogP contribution in [0.25, 0.3) is 11.1 Å². The molecule has 31 heavy (non-hydrogen) atoms. The summed E-state index contributed by atoms with van der Waals surface area (Å²) >= 11 is 0. The van der Waals surface area contributed by atoms with Crippen LogP contribution in [0.2, 0.25) is 0 Å². The lowest BCUT2D eigenvalue weighted by atomic mass is 9.80. The van der Waals surface area contributed by atoms with Crippen molar-refractivity contribution in [2.24, 2.45) is 0 Å². The van der Waals surface area contributed by atoms with Gasteiger partial charge >= 0.3 is 7.60 Å². The Morgan fingerprint density at radius 2 is 1.81 bits per heavy atom. The summed E-state index contributed by atoms with van der Waals surface area (Å²) in [6.07, 6.45) is 5.19. The van der Waals surface area contributed by atoms with Crippen molar-refractivity contribution in [1.29, 1.82) is 0 Å². The Hall–Kier alpha value is -2.08. The van der Waals surface area contributed by atoms with Crippen molar-refractivity contribution in [1.82, 2.24) is 4.98 Å². The molecule has 0 atom stereocenters. The van der Waals surface area contributed by atoms with E-state index in [0.29, 0.717) is 23.2 Å². The van der Waals surface area contributed by atoms with Crippen LogP contribution in [0.1, 0.15) is 76.0 Å². The largest absolute Gasteiger partial charge is 0.507 e. The summed E-state index contributed by atoms with van der Waals surface area (Å²) in [5.74, 6) is 1.12. The van der Waals surface area contributed by atoms with Crippen LogP contribution < -0.4 is 10.1 Å². The zero-order valence-corrected chi connectivity index (χ0v) is 20.2. The molecule has 1 aromatic heterocycles. The fourth-order valence-corrected chi connectivity index (χ4v) is 4.39. The summed E-state index contributed by atoms with van der Waals surface area (Å²) < 4.78 is 17.3. The van der Waals surface area contributed by atoms with E-state index in [-0.39, 0.29) is 17.6 Å². The SMILES string of the molecule is CCCCc1c(O)c(-c2ccncc2NCP(=O)(O)O)c(C(C)C)c(C(C)C)c1OC. The van der Waals surface area contributed by atoms with Crippen LogP contribution >= 0.6 is 7.60 Å². The highest BCUT2D eigenvalue weighted by Gasteiger charge is 2.29. The number of anilines is 1. The lowest BCUT2D eigenvalue weighted by molar-refractivity contribution is 0.375. The van der Waals surface area contributed by atoms with Crippen molar-refractivity contribution in [3.8, 4) is 22.6 Å². The molecule has 0 bridgehead atoms. The van der Waals surface area contributed by atoms with Crippen LogP contribution in [0.4, 0.5) is 5.69 Å². The maximum Gasteiger partial charge on any atom is 0.344 e. The van der Waals surface area contributed by atoms with Crippen LogP contribution in [0.15, 0.2) is 18.5 Å². The standard InChI is InChI=1S/C23H35N2O5P/c1-7-8-9-17-22(26)21(19(14(2)3)20(15(4)5)23(17)30-6)16-10-11-24-12-18(16)25-13-31(27,28)29/h10-12,14-15,25-26H,7-9,13H2,1-6H3,(H2,27,28,29). The number of hydrogen-bond acceptors (Lipinski definition) is 5. The van der Waals surface area contributed by atoms with Crippen LogP contribution in [-0.4, -0.2) is 33.3 Å². The molecule has 2 rings (SSSR count). The third-order valence-electron chi connectivity index (χ3n) is 5.31. The highest BCUT2D eigenvalue weighted by molar-refractivity contribution is 7.51. The number of pyridine rings is 1. The van der Waals surface area contributed by atoms with Gasteiger partial charge < -0.3 is 24.9 Å². The van der Waals surface area contributed by atoms with Gasteiger partial charge in [-0.2, -0.15) is 0 Å². The van der Waals surface area contributed by atoms with Gasteiger partial charge in [0.15, 0.2) is 0 Å². The molecule has 0 saturated heterocycles. The van der Waals surface area contributed by atoms with Gasteiger partial charge in [-0.05, 0) is 36.3 Å². The number of nitrogens with one attached hydrogen (secondary N) is 1. The molecule has 0 amide bonds. The molecule has 0 fully saturated rings. The number of rotatable bonds is 10. The highest BCUT2D eigenvalue weighted by Crippen LogP contribution is 2.51. The number of ether oxygens (including phenoxy) is 1. The molecule has 0 aliphatic rings.